The van der Waals surface area contributed by atoms with Crippen LogP contribution in [0.3, 0.4) is 0 Å². The van der Waals surface area contributed by atoms with Gasteiger partial charge >= 0.3 is 0 Å². The molecule has 2 aromatic rings. The number of amides is 2. The van der Waals surface area contributed by atoms with Gasteiger partial charge in [0, 0.05) is 29.1 Å². The Bertz CT molecular complexity index is 705. The van der Waals surface area contributed by atoms with Gasteiger partial charge in [0.15, 0.2) is 0 Å². The van der Waals surface area contributed by atoms with Crippen LogP contribution in [0.1, 0.15) is 22.5 Å². The van der Waals surface area contributed by atoms with Crippen molar-refractivity contribution in [3.8, 4) is 0 Å². The van der Waals surface area contributed by atoms with Crippen molar-refractivity contribution in [1.82, 2.24) is 4.90 Å². The second-order valence-corrected chi connectivity index (χ2v) is 6.64. The van der Waals surface area contributed by atoms with Crippen molar-refractivity contribution >= 4 is 44.8 Å². The predicted molar refractivity (Wildman–Crippen MR) is 84.7 cm³/mol. The van der Waals surface area contributed by atoms with Crippen molar-refractivity contribution in [2.75, 3.05) is 13.1 Å². The van der Waals surface area contributed by atoms with Crippen molar-refractivity contribution in [2.45, 2.75) is 12.8 Å². The molecule has 0 spiro atoms. The number of fused-ring (bicyclic) bond motifs is 1. The second-order valence-electron chi connectivity index (χ2n) is 5.21. The number of nitrogens with zero attached hydrogens (tertiary/aromatic N) is 1. The fourth-order valence-corrected chi connectivity index (χ4v) is 4.14. The van der Waals surface area contributed by atoms with Gasteiger partial charge in [-0.1, -0.05) is 29.8 Å². The summed E-state index contributed by atoms with van der Waals surface area (Å²) in [6, 6.07) is 7.72. The van der Waals surface area contributed by atoms with Crippen LogP contribution < -0.4 is 5.73 Å². The molecule has 4 nitrogen and oxygen atoms in total. The number of hydrogen-bond acceptors (Lipinski definition) is 3. The molecule has 1 saturated heterocycles. The van der Waals surface area contributed by atoms with Gasteiger partial charge in [0.2, 0.25) is 5.91 Å². The Morgan fingerprint density at radius 2 is 1.90 bits per heavy atom. The minimum Gasteiger partial charge on any atom is -0.369 e. The van der Waals surface area contributed by atoms with Crippen LogP contribution in [0.2, 0.25) is 5.02 Å². The summed E-state index contributed by atoms with van der Waals surface area (Å²) in [5.74, 6) is -0.446. The zero-order chi connectivity index (χ0) is 15.0. The summed E-state index contributed by atoms with van der Waals surface area (Å²) in [5, 5.41) is 1.44. The van der Waals surface area contributed by atoms with Crippen LogP contribution in [0.5, 0.6) is 0 Å². The summed E-state index contributed by atoms with van der Waals surface area (Å²) in [6.45, 7) is 1.11. The highest BCUT2D eigenvalue weighted by atomic mass is 35.5. The van der Waals surface area contributed by atoms with Gasteiger partial charge < -0.3 is 10.6 Å². The zero-order valence-corrected chi connectivity index (χ0v) is 12.9. The van der Waals surface area contributed by atoms with Crippen molar-refractivity contribution in [3.05, 3.63) is 34.2 Å². The minimum absolute atomic E-state index is 0.0517. The molecule has 6 heteroatoms. The van der Waals surface area contributed by atoms with Gasteiger partial charge in [-0.3, -0.25) is 9.59 Å². The van der Waals surface area contributed by atoms with Crippen LogP contribution in [0.4, 0.5) is 0 Å². The van der Waals surface area contributed by atoms with Crippen LogP contribution in [-0.2, 0) is 4.79 Å². The number of thiophene rings is 1. The lowest BCUT2D eigenvalue weighted by molar-refractivity contribution is -0.123. The first kappa shape index (κ1) is 14.4. The van der Waals surface area contributed by atoms with Crippen LogP contribution in [0, 0.1) is 5.92 Å². The van der Waals surface area contributed by atoms with Crippen LogP contribution in [0.25, 0.3) is 10.1 Å². The summed E-state index contributed by atoms with van der Waals surface area (Å²) >= 11 is 7.76. The van der Waals surface area contributed by atoms with Gasteiger partial charge in [-0.2, -0.15) is 0 Å². The number of halogens is 1. The third-order valence-corrected chi connectivity index (χ3v) is 5.58. The molecule has 2 amide bonds. The molecular weight excluding hydrogens is 308 g/mol. The van der Waals surface area contributed by atoms with Gasteiger partial charge in [0.05, 0.1) is 5.02 Å². The van der Waals surface area contributed by atoms with Crippen molar-refractivity contribution in [1.29, 1.82) is 0 Å². The molecule has 3 rings (SSSR count). The highest BCUT2D eigenvalue weighted by Gasteiger charge is 2.28. The number of nitrogens with two attached hydrogens (primary N) is 1. The Balaban J connectivity index is 1.82. The molecule has 0 unspecified atom stereocenters. The molecular formula is C15H15ClN2O2S. The standard InChI is InChI=1S/C15H15ClN2O2S/c16-12-10-3-1-2-4-11(10)21-13(12)15(20)18-7-5-9(6-8-18)14(17)19/h1-4,9H,5-8H2,(H2,17,19). The Morgan fingerprint density at radius 3 is 2.52 bits per heavy atom. The van der Waals surface area contributed by atoms with E-state index in [1.807, 2.05) is 24.3 Å². The Hall–Kier alpha value is -1.59. The molecule has 2 N–H and O–H groups in total. The monoisotopic (exact) mass is 322 g/mol. The zero-order valence-electron chi connectivity index (χ0n) is 11.3. The topological polar surface area (TPSA) is 63.4 Å². The summed E-state index contributed by atoms with van der Waals surface area (Å²) < 4.78 is 1.01. The van der Waals surface area contributed by atoms with Crippen molar-refractivity contribution in [3.63, 3.8) is 0 Å². The molecule has 0 atom stereocenters. The number of benzene rings is 1. The number of hydrogen-bond donors (Lipinski definition) is 1. The predicted octanol–water partition coefficient (Wildman–Crippen LogP) is 2.89. The SMILES string of the molecule is NC(=O)C1CCN(C(=O)c2sc3ccccc3c2Cl)CC1. The molecule has 0 bridgehead atoms. The number of likely N-dealkylation sites (tertiary alicyclic amines) is 1. The third kappa shape index (κ3) is 2.63. The molecule has 1 aliphatic heterocycles. The first-order valence-electron chi connectivity index (χ1n) is 6.83. The number of piperidine rings is 1. The number of carbonyl (C=O) groups is 2. The van der Waals surface area contributed by atoms with Gasteiger partial charge in [-0.15, -0.1) is 11.3 Å². The first-order chi connectivity index (χ1) is 10.1. The van der Waals surface area contributed by atoms with Crippen LogP contribution >= 0.6 is 22.9 Å². The van der Waals surface area contributed by atoms with E-state index in [1.54, 1.807) is 4.90 Å². The normalized spacial score (nSPS) is 16.3. The van der Waals surface area contributed by atoms with Gasteiger partial charge in [-0.25, -0.2) is 0 Å². The maximum absolute atomic E-state index is 12.6. The van der Waals surface area contributed by atoms with Crippen LogP contribution in [0.15, 0.2) is 24.3 Å². The van der Waals surface area contributed by atoms with Crippen LogP contribution in [-0.4, -0.2) is 29.8 Å². The van der Waals surface area contributed by atoms with E-state index in [-0.39, 0.29) is 17.7 Å². The largest absolute Gasteiger partial charge is 0.369 e. The molecule has 1 aromatic heterocycles. The van der Waals surface area contributed by atoms with Gasteiger partial charge in [0.1, 0.15) is 4.88 Å². The van der Waals surface area contributed by atoms with E-state index in [1.165, 1.54) is 11.3 Å². The van der Waals surface area contributed by atoms with Gasteiger partial charge in [0.25, 0.3) is 5.91 Å². The lowest BCUT2D eigenvalue weighted by atomic mass is 9.96. The average Bonchev–Trinajstić information content (AvgIpc) is 2.84. The maximum Gasteiger partial charge on any atom is 0.265 e. The maximum atomic E-state index is 12.6. The van der Waals surface area contributed by atoms with E-state index in [2.05, 4.69) is 0 Å². The van der Waals surface area contributed by atoms with Crippen molar-refractivity contribution < 1.29 is 9.59 Å². The first-order valence-corrected chi connectivity index (χ1v) is 8.03. The Morgan fingerprint density at radius 1 is 1.24 bits per heavy atom. The van der Waals surface area contributed by atoms with E-state index in [4.69, 9.17) is 17.3 Å². The fraction of sp³-hybridized carbons (Fsp3) is 0.333. The Kier molecular flexibility index (Phi) is 3.87. The smallest absolute Gasteiger partial charge is 0.265 e. The lowest BCUT2D eigenvalue weighted by Gasteiger charge is -2.30. The number of carbonyl (C=O) groups excluding carboxylic acids is 2. The second kappa shape index (κ2) is 5.66. The summed E-state index contributed by atoms with van der Waals surface area (Å²) in [7, 11) is 0. The van der Waals surface area contributed by atoms with E-state index < -0.39 is 0 Å². The third-order valence-electron chi connectivity index (χ3n) is 3.91. The minimum atomic E-state index is -0.276. The average molecular weight is 323 g/mol. The van der Waals surface area contributed by atoms with Crippen molar-refractivity contribution in [2.24, 2.45) is 11.7 Å². The number of primary amides is 1. The molecule has 0 radical (unpaired) electrons. The summed E-state index contributed by atoms with van der Waals surface area (Å²) in [4.78, 5) is 26.1. The molecule has 1 aliphatic rings. The van der Waals surface area contributed by atoms with E-state index in [9.17, 15) is 9.59 Å². The number of rotatable bonds is 2. The fourth-order valence-electron chi connectivity index (χ4n) is 2.66. The molecule has 21 heavy (non-hydrogen) atoms. The molecule has 0 saturated carbocycles. The quantitative estimate of drug-likeness (QED) is 0.924. The molecule has 1 fully saturated rings. The highest BCUT2D eigenvalue weighted by Crippen LogP contribution is 2.36. The van der Waals surface area contributed by atoms with E-state index in [0.717, 1.165) is 10.1 Å². The summed E-state index contributed by atoms with van der Waals surface area (Å²) in [5.41, 5.74) is 5.31. The van der Waals surface area contributed by atoms with E-state index >= 15 is 0 Å². The molecule has 0 aliphatic carbocycles. The summed E-state index contributed by atoms with van der Waals surface area (Å²) in [6.07, 6.45) is 1.26. The highest BCUT2D eigenvalue weighted by molar-refractivity contribution is 7.21. The molecule has 2 heterocycles. The lowest BCUT2D eigenvalue weighted by Crippen LogP contribution is -2.41. The molecule has 1 aromatic carbocycles. The van der Waals surface area contributed by atoms with E-state index in [0.29, 0.717) is 35.8 Å². The van der Waals surface area contributed by atoms with Gasteiger partial charge in [-0.05, 0) is 18.9 Å². The molecule has 110 valence electrons. The Labute approximate surface area is 131 Å².